The first-order valence-electron chi connectivity index (χ1n) is 6.49. The van der Waals surface area contributed by atoms with Gasteiger partial charge in [0.25, 0.3) is 0 Å². The molecule has 0 amide bonds. The van der Waals surface area contributed by atoms with Gasteiger partial charge < -0.3 is 14.6 Å². The van der Waals surface area contributed by atoms with Gasteiger partial charge in [0, 0.05) is 24.3 Å². The summed E-state index contributed by atoms with van der Waals surface area (Å²) < 4.78 is 8.08. The van der Waals surface area contributed by atoms with Crippen LogP contribution < -0.4 is 0 Å². The van der Waals surface area contributed by atoms with Crippen molar-refractivity contribution >= 4 is 30.0 Å². The fourth-order valence-electron chi connectivity index (χ4n) is 1.10. The molecule has 0 atom stereocenters. The molecule has 0 aliphatic carbocycles. The van der Waals surface area contributed by atoms with Crippen LogP contribution in [0.3, 0.4) is 0 Å². The third-order valence-electron chi connectivity index (χ3n) is 2.16. The van der Waals surface area contributed by atoms with Gasteiger partial charge in [-0.05, 0) is 5.56 Å². The second kappa shape index (κ2) is 12.1. The van der Waals surface area contributed by atoms with Crippen LogP contribution in [0.5, 0.6) is 0 Å². The van der Waals surface area contributed by atoms with Crippen LogP contribution in [0.2, 0.25) is 0 Å². The number of aliphatic carboxylic acids is 1. The number of ether oxygens (including phenoxy) is 2. The van der Waals surface area contributed by atoms with E-state index < -0.39 is 23.9 Å². The lowest BCUT2D eigenvalue weighted by Crippen LogP contribution is -1.96. The molecular weight excluding hydrogens is 316 g/mol. The van der Waals surface area contributed by atoms with Gasteiger partial charge >= 0.3 is 23.9 Å². The van der Waals surface area contributed by atoms with Crippen molar-refractivity contribution < 1.29 is 33.8 Å². The van der Waals surface area contributed by atoms with E-state index in [-0.39, 0.29) is 0 Å². The molecule has 1 N–H and O–H groups in total. The van der Waals surface area contributed by atoms with Crippen LogP contribution >= 0.6 is 0 Å². The summed E-state index contributed by atoms with van der Waals surface area (Å²) in [7, 11) is 1.18. The molecule has 0 saturated heterocycles. The third-order valence-corrected chi connectivity index (χ3v) is 2.16. The molecule has 1 aromatic carbocycles. The minimum absolute atomic E-state index is 0.579. The molecule has 0 bridgehead atoms. The largest absolute Gasteiger partial charge is 0.478 e. The smallest absolute Gasteiger partial charge is 0.338 e. The first-order chi connectivity index (χ1) is 11.4. The van der Waals surface area contributed by atoms with Crippen LogP contribution in [-0.2, 0) is 28.7 Å². The van der Waals surface area contributed by atoms with Crippen LogP contribution in [0.4, 0.5) is 0 Å². The van der Waals surface area contributed by atoms with Gasteiger partial charge in [-0.15, -0.1) is 0 Å². The van der Waals surface area contributed by atoms with Gasteiger partial charge in [-0.3, -0.25) is 0 Å². The normalized spacial score (nSPS) is 11.5. The maximum Gasteiger partial charge on any atom is 0.338 e. The van der Waals surface area contributed by atoms with Crippen LogP contribution in [0.25, 0.3) is 6.08 Å². The maximum absolute atomic E-state index is 10.1. The van der Waals surface area contributed by atoms with Crippen molar-refractivity contribution in [2.75, 3.05) is 7.11 Å². The highest BCUT2D eigenvalue weighted by Gasteiger charge is 2.10. The van der Waals surface area contributed by atoms with Crippen LogP contribution in [0, 0.1) is 0 Å². The highest BCUT2D eigenvalue weighted by atomic mass is 16.6. The van der Waals surface area contributed by atoms with Gasteiger partial charge in [0.05, 0.1) is 7.11 Å². The fraction of sp³-hybridized carbons (Fsp3) is 0.0588. The lowest BCUT2D eigenvalue weighted by atomic mass is 10.2. The number of esters is 3. The Balaban J connectivity index is 0.000000332. The maximum atomic E-state index is 10.1. The third kappa shape index (κ3) is 11.2. The zero-order valence-electron chi connectivity index (χ0n) is 12.9. The molecule has 7 heteroatoms. The molecule has 0 saturated carbocycles. The zero-order chi connectivity index (χ0) is 18.4. The Labute approximate surface area is 138 Å². The monoisotopic (exact) mass is 332 g/mol. The van der Waals surface area contributed by atoms with E-state index >= 15 is 0 Å². The summed E-state index contributed by atoms with van der Waals surface area (Å²) in [5, 5.41) is 7.96. The van der Waals surface area contributed by atoms with Gasteiger partial charge in [0.2, 0.25) is 0 Å². The first-order valence-corrected chi connectivity index (χ1v) is 6.49. The molecule has 0 aromatic heterocycles. The number of benzene rings is 1. The van der Waals surface area contributed by atoms with Crippen LogP contribution in [0.15, 0.2) is 61.2 Å². The van der Waals surface area contributed by atoms with Gasteiger partial charge in [-0.25, -0.2) is 19.2 Å². The zero-order valence-corrected chi connectivity index (χ0v) is 12.9. The summed E-state index contributed by atoms with van der Waals surface area (Å²) in [5.41, 5.74) is 1.17. The van der Waals surface area contributed by atoms with Gasteiger partial charge in [0.1, 0.15) is 0 Å². The SMILES string of the molecule is C=Cc1ccccc1.COC(=O)/C=C\C(=O)O.O=C1C=CC(=O)O1. The molecule has 126 valence electrons. The molecule has 1 heterocycles. The van der Waals surface area contributed by atoms with E-state index in [1.165, 1.54) is 12.7 Å². The average molecular weight is 332 g/mol. The number of carboxylic acid groups (broad SMARTS) is 1. The Morgan fingerprint density at radius 3 is 1.92 bits per heavy atom. The molecule has 0 spiro atoms. The highest BCUT2D eigenvalue weighted by Crippen LogP contribution is 1.97. The molecule has 1 aliphatic rings. The molecule has 7 nitrogen and oxygen atoms in total. The number of carbonyl (C=O) groups is 4. The summed E-state index contributed by atoms with van der Waals surface area (Å²) in [5.74, 6) is -2.99. The lowest BCUT2D eigenvalue weighted by molar-refractivity contribution is -0.150. The molecule has 0 fully saturated rings. The van der Waals surface area contributed by atoms with Gasteiger partial charge in [-0.1, -0.05) is 43.0 Å². The van der Waals surface area contributed by atoms with E-state index in [2.05, 4.69) is 16.1 Å². The van der Waals surface area contributed by atoms with E-state index in [4.69, 9.17) is 5.11 Å². The summed E-state index contributed by atoms with van der Waals surface area (Å²) >= 11 is 0. The predicted octanol–water partition coefficient (Wildman–Crippen LogP) is 1.76. The number of hydrogen-bond acceptors (Lipinski definition) is 6. The van der Waals surface area contributed by atoms with E-state index in [0.29, 0.717) is 6.08 Å². The number of hydrogen-bond donors (Lipinski definition) is 1. The summed E-state index contributed by atoms with van der Waals surface area (Å²) in [6.07, 6.45) is 5.55. The van der Waals surface area contributed by atoms with Crippen LogP contribution in [0.1, 0.15) is 5.56 Å². The summed E-state index contributed by atoms with van der Waals surface area (Å²) in [6.45, 7) is 3.63. The Kier molecular flexibility index (Phi) is 10.3. The standard InChI is InChI=1S/C8H8.C5H6O4.C4H2O3/c1-2-8-6-4-3-5-7-8;1-9-5(8)3-2-4(6)7;5-3-1-2-4(6)7-3/h2-7H,1H2;2-3H,1H3,(H,6,7);1-2H/b;3-2-;. The molecule has 1 aliphatic heterocycles. The summed E-state index contributed by atoms with van der Waals surface area (Å²) in [6, 6.07) is 10.0. The Hall–Kier alpha value is -3.48. The Morgan fingerprint density at radius 2 is 1.62 bits per heavy atom. The van der Waals surface area contributed by atoms with Crippen molar-refractivity contribution in [3.63, 3.8) is 0 Å². The Morgan fingerprint density at radius 1 is 1.08 bits per heavy atom. The molecule has 2 rings (SSSR count). The van der Waals surface area contributed by atoms with E-state index in [9.17, 15) is 19.2 Å². The predicted molar refractivity (Wildman–Crippen MR) is 85.6 cm³/mol. The van der Waals surface area contributed by atoms with Gasteiger partial charge in [-0.2, -0.15) is 0 Å². The molecule has 1 aromatic rings. The molecule has 24 heavy (non-hydrogen) atoms. The molecule has 0 unspecified atom stereocenters. The number of cyclic esters (lactones) is 2. The summed E-state index contributed by atoms with van der Waals surface area (Å²) in [4.78, 5) is 39.7. The quantitative estimate of drug-likeness (QED) is 0.510. The van der Waals surface area contributed by atoms with E-state index in [0.717, 1.165) is 18.2 Å². The fourth-order valence-corrected chi connectivity index (χ4v) is 1.10. The second-order valence-corrected chi connectivity index (χ2v) is 3.88. The number of rotatable bonds is 3. The van der Waals surface area contributed by atoms with E-state index in [1.807, 2.05) is 36.4 Å². The molecule has 0 radical (unpaired) electrons. The minimum Gasteiger partial charge on any atom is -0.478 e. The van der Waals surface area contributed by atoms with Crippen molar-refractivity contribution in [2.24, 2.45) is 0 Å². The van der Waals surface area contributed by atoms with Crippen molar-refractivity contribution in [1.82, 2.24) is 0 Å². The van der Waals surface area contributed by atoms with Gasteiger partial charge in [0.15, 0.2) is 0 Å². The average Bonchev–Trinajstić information content (AvgIpc) is 2.97. The number of carbonyl (C=O) groups excluding carboxylic acids is 3. The lowest BCUT2D eigenvalue weighted by Gasteiger charge is -1.85. The topological polar surface area (TPSA) is 107 Å². The van der Waals surface area contributed by atoms with Crippen molar-refractivity contribution in [3.05, 3.63) is 66.8 Å². The molecular formula is C17H16O7. The van der Waals surface area contributed by atoms with Crippen molar-refractivity contribution in [3.8, 4) is 0 Å². The Bertz CT molecular complexity index is 626. The van der Waals surface area contributed by atoms with Crippen molar-refractivity contribution in [1.29, 1.82) is 0 Å². The van der Waals surface area contributed by atoms with Crippen LogP contribution in [-0.4, -0.2) is 36.1 Å². The first kappa shape index (κ1) is 20.5. The van der Waals surface area contributed by atoms with E-state index in [1.54, 1.807) is 0 Å². The minimum atomic E-state index is -1.17. The van der Waals surface area contributed by atoms with Crippen molar-refractivity contribution in [2.45, 2.75) is 0 Å². The number of methoxy groups -OCH3 is 1. The second-order valence-electron chi connectivity index (χ2n) is 3.88. The number of carboxylic acids is 1. The highest BCUT2D eigenvalue weighted by molar-refractivity contribution is 6.04.